The maximum Gasteiger partial charge on any atom is 0.184 e. The maximum absolute atomic E-state index is 14.1. The van der Waals surface area contributed by atoms with Crippen LogP contribution in [0.2, 0.25) is 0 Å². The summed E-state index contributed by atoms with van der Waals surface area (Å²) in [5, 5.41) is 5.48. The Morgan fingerprint density at radius 3 is 2.56 bits per heavy atom. The number of hydrogen-bond acceptors (Lipinski definition) is 4. The Balaban J connectivity index is 1.83. The summed E-state index contributed by atoms with van der Waals surface area (Å²) in [7, 11) is 0. The second-order valence-corrected chi connectivity index (χ2v) is 5.63. The quantitative estimate of drug-likeness (QED) is 0.407. The van der Waals surface area contributed by atoms with E-state index < -0.39 is 11.6 Å². The van der Waals surface area contributed by atoms with Crippen LogP contribution in [0.15, 0.2) is 86.0 Å². The second kappa shape index (κ2) is 7.76. The van der Waals surface area contributed by atoms with E-state index in [0.29, 0.717) is 16.8 Å². The number of halogens is 2. The fourth-order valence-electron chi connectivity index (χ4n) is 2.42. The minimum Gasteiger partial charge on any atom is -0.287 e. The van der Waals surface area contributed by atoms with Gasteiger partial charge in [0.05, 0.1) is 17.6 Å². The van der Waals surface area contributed by atoms with Crippen molar-refractivity contribution < 1.29 is 8.78 Å². The van der Waals surface area contributed by atoms with Crippen LogP contribution >= 0.6 is 0 Å². The zero-order valence-electron chi connectivity index (χ0n) is 14.4. The predicted molar refractivity (Wildman–Crippen MR) is 102 cm³/mol. The molecule has 0 bridgehead atoms. The van der Waals surface area contributed by atoms with Crippen LogP contribution in [0.5, 0.6) is 0 Å². The van der Waals surface area contributed by atoms with Gasteiger partial charge in [-0.15, -0.1) is 0 Å². The standard InChI is InChI=1S/C20H17F2N5/c1-14(9-13-26(23)16-6-10-24-11-7-16)15(2)18-8-12-25-27(18)19-5-3-4-17(21)20(19)22/h3-13H,1-2,23H2/b13-9-. The van der Waals surface area contributed by atoms with Crippen molar-refractivity contribution in [2.75, 3.05) is 5.01 Å². The summed E-state index contributed by atoms with van der Waals surface area (Å²) >= 11 is 0. The molecule has 0 unspecified atom stereocenters. The molecule has 0 radical (unpaired) electrons. The van der Waals surface area contributed by atoms with Gasteiger partial charge in [0.15, 0.2) is 11.6 Å². The van der Waals surface area contributed by atoms with E-state index in [1.54, 1.807) is 42.9 Å². The number of nitrogens with two attached hydrogens (primary N) is 1. The highest BCUT2D eigenvalue weighted by Crippen LogP contribution is 2.25. The van der Waals surface area contributed by atoms with Gasteiger partial charge in [-0.05, 0) is 47.6 Å². The van der Waals surface area contributed by atoms with Crippen LogP contribution in [0.1, 0.15) is 5.69 Å². The Hall–Kier alpha value is -3.58. The van der Waals surface area contributed by atoms with Gasteiger partial charge >= 0.3 is 0 Å². The summed E-state index contributed by atoms with van der Waals surface area (Å²) in [6.07, 6.45) is 8.02. The Kier molecular flexibility index (Phi) is 5.23. The number of benzene rings is 1. The molecule has 2 N–H and O–H groups in total. The van der Waals surface area contributed by atoms with E-state index in [0.717, 1.165) is 11.8 Å². The topological polar surface area (TPSA) is 60.0 Å². The first-order chi connectivity index (χ1) is 13.0. The maximum atomic E-state index is 14.1. The fraction of sp³-hybridized carbons (Fsp3) is 0. The molecule has 3 rings (SSSR count). The van der Waals surface area contributed by atoms with Gasteiger partial charge in [-0.25, -0.2) is 19.3 Å². The van der Waals surface area contributed by atoms with Gasteiger partial charge in [-0.2, -0.15) is 5.10 Å². The Bertz CT molecular complexity index is 1010. The summed E-state index contributed by atoms with van der Waals surface area (Å²) in [5.74, 6) is 4.03. The lowest BCUT2D eigenvalue weighted by Crippen LogP contribution is -2.23. The van der Waals surface area contributed by atoms with Gasteiger partial charge in [0.1, 0.15) is 5.69 Å². The van der Waals surface area contributed by atoms with Gasteiger partial charge in [0.2, 0.25) is 0 Å². The zero-order chi connectivity index (χ0) is 19.4. The normalized spacial score (nSPS) is 10.9. The van der Waals surface area contributed by atoms with E-state index >= 15 is 0 Å². The van der Waals surface area contributed by atoms with Crippen LogP contribution in [-0.2, 0) is 0 Å². The van der Waals surface area contributed by atoms with Gasteiger partial charge in [-0.1, -0.05) is 19.2 Å². The first kappa shape index (κ1) is 18.2. The van der Waals surface area contributed by atoms with Crippen molar-refractivity contribution >= 4 is 11.3 Å². The fourth-order valence-corrected chi connectivity index (χ4v) is 2.42. The number of hydrazine groups is 1. The van der Waals surface area contributed by atoms with Crippen LogP contribution in [0.25, 0.3) is 11.3 Å². The number of pyridine rings is 1. The van der Waals surface area contributed by atoms with Crippen LogP contribution in [0.4, 0.5) is 14.5 Å². The smallest absolute Gasteiger partial charge is 0.184 e. The highest BCUT2D eigenvalue weighted by atomic mass is 19.2. The van der Waals surface area contributed by atoms with Crippen molar-refractivity contribution in [1.29, 1.82) is 0 Å². The van der Waals surface area contributed by atoms with Gasteiger partial charge in [0.25, 0.3) is 0 Å². The molecule has 0 amide bonds. The van der Waals surface area contributed by atoms with Gasteiger partial charge in [-0.3, -0.25) is 9.99 Å². The summed E-state index contributed by atoms with van der Waals surface area (Å²) in [6, 6.07) is 9.05. The molecule has 136 valence electrons. The summed E-state index contributed by atoms with van der Waals surface area (Å²) in [6.45, 7) is 7.95. The molecule has 0 aliphatic heterocycles. The molecule has 2 aromatic heterocycles. The Labute approximate surface area is 155 Å². The lowest BCUT2D eigenvalue weighted by molar-refractivity contribution is 0.501. The molecular weight excluding hydrogens is 348 g/mol. The minimum atomic E-state index is -0.984. The predicted octanol–water partition coefficient (Wildman–Crippen LogP) is 4.01. The number of rotatable bonds is 6. The molecule has 7 heteroatoms. The molecule has 3 aromatic rings. The number of allylic oxidation sites excluding steroid dienone is 3. The molecule has 0 aliphatic rings. The van der Waals surface area contributed by atoms with Crippen LogP contribution in [0, 0.1) is 11.6 Å². The summed E-state index contributed by atoms with van der Waals surface area (Å²) < 4.78 is 28.9. The number of nitrogens with zero attached hydrogens (tertiary/aromatic N) is 4. The van der Waals surface area contributed by atoms with E-state index in [1.807, 2.05) is 0 Å². The molecule has 5 nitrogen and oxygen atoms in total. The van der Waals surface area contributed by atoms with E-state index in [1.165, 1.54) is 28.0 Å². The average Bonchev–Trinajstić information content (AvgIpc) is 3.17. The summed E-state index contributed by atoms with van der Waals surface area (Å²) in [5.41, 5.74) is 2.26. The van der Waals surface area contributed by atoms with Gasteiger partial charge in [0, 0.05) is 18.6 Å². The molecule has 27 heavy (non-hydrogen) atoms. The van der Waals surface area contributed by atoms with E-state index in [9.17, 15) is 8.78 Å². The third kappa shape index (κ3) is 3.83. The number of aromatic nitrogens is 3. The highest BCUT2D eigenvalue weighted by Gasteiger charge is 2.15. The third-order valence-corrected chi connectivity index (χ3v) is 3.90. The lowest BCUT2D eigenvalue weighted by Gasteiger charge is -2.14. The van der Waals surface area contributed by atoms with Crippen molar-refractivity contribution in [3.8, 4) is 5.69 Å². The third-order valence-electron chi connectivity index (χ3n) is 3.90. The molecule has 0 spiro atoms. The van der Waals surface area contributed by atoms with Crippen LogP contribution in [0.3, 0.4) is 0 Å². The number of hydrogen-bond donors (Lipinski definition) is 1. The molecule has 0 saturated carbocycles. The van der Waals surface area contributed by atoms with Gasteiger partial charge < -0.3 is 0 Å². The Morgan fingerprint density at radius 1 is 1.07 bits per heavy atom. The first-order valence-electron chi connectivity index (χ1n) is 7.98. The Morgan fingerprint density at radius 2 is 1.81 bits per heavy atom. The lowest BCUT2D eigenvalue weighted by atomic mass is 10.1. The molecule has 1 aromatic carbocycles. The largest absolute Gasteiger partial charge is 0.287 e. The van der Waals surface area contributed by atoms with Crippen molar-refractivity contribution in [2.45, 2.75) is 0 Å². The monoisotopic (exact) mass is 365 g/mol. The first-order valence-corrected chi connectivity index (χ1v) is 7.98. The number of anilines is 1. The van der Waals surface area contributed by atoms with Crippen molar-refractivity contribution in [3.63, 3.8) is 0 Å². The minimum absolute atomic E-state index is 0.00911. The van der Waals surface area contributed by atoms with Crippen molar-refractivity contribution in [3.05, 3.63) is 103 Å². The summed E-state index contributed by atoms with van der Waals surface area (Å²) in [4.78, 5) is 3.93. The van der Waals surface area contributed by atoms with Crippen LogP contribution in [-0.4, -0.2) is 14.8 Å². The molecular formula is C20H17F2N5. The molecule has 0 aliphatic carbocycles. The molecule has 0 saturated heterocycles. The molecule has 0 atom stereocenters. The SMILES string of the molecule is C=C(/C=C\N(N)c1ccncc1)C(=C)c1ccnn1-c1cccc(F)c1F. The highest BCUT2D eigenvalue weighted by molar-refractivity contribution is 5.78. The average molecular weight is 365 g/mol. The van der Waals surface area contributed by atoms with Crippen molar-refractivity contribution in [1.82, 2.24) is 14.8 Å². The van der Waals surface area contributed by atoms with E-state index in [2.05, 4.69) is 23.2 Å². The van der Waals surface area contributed by atoms with E-state index in [-0.39, 0.29) is 5.69 Å². The second-order valence-electron chi connectivity index (χ2n) is 5.63. The van der Waals surface area contributed by atoms with E-state index in [4.69, 9.17) is 5.84 Å². The van der Waals surface area contributed by atoms with Crippen molar-refractivity contribution in [2.24, 2.45) is 5.84 Å². The molecule has 2 heterocycles. The zero-order valence-corrected chi connectivity index (χ0v) is 14.4. The van der Waals surface area contributed by atoms with Crippen LogP contribution < -0.4 is 10.9 Å². The molecule has 0 fully saturated rings.